The molecule has 1 unspecified atom stereocenters. The summed E-state index contributed by atoms with van der Waals surface area (Å²) in [4.78, 5) is 38.0. The van der Waals surface area contributed by atoms with Crippen LogP contribution in [0.3, 0.4) is 0 Å². The summed E-state index contributed by atoms with van der Waals surface area (Å²) in [5, 5.41) is 15.8. The molecule has 356 valence electrons. The van der Waals surface area contributed by atoms with Crippen LogP contribution in [0, 0.1) is 15.5 Å². The predicted molar refractivity (Wildman–Crippen MR) is 245 cm³/mol. The fraction of sp³-hybridized carbons (Fsp3) is 0.391. The highest BCUT2D eigenvalue weighted by Gasteiger charge is 2.40. The molecule has 1 atom stereocenters. The van der Waals surface area contributed by atoms with Gasteiger partial charge in [0.25, 0.3) is 11.6 Å². The Morgan fingerprint density at radius 1 is 1.03 bits per heavy atom. The Hall–Kier alpha value is -5.54. The number of nitro groups is 1. The Balaban J connectivity index is 0.960. The Bertz CT molecular complexity index is 2670. The summed E-state index contributed by atoms with van der Waals surface area (Å²) in [6.07, 6.45) is -4.14. The zero-order valence-corrected chi connectivity index (χ0v) is 38.0. The molecule has 67 heavy (non-hydrogen) atoms. The number of allylic oxidation sites excluding steroid dienone is 1. The highest BCUT2D eigenvalue weighted by atomic mass is 35.5. The number of alkyl halides is 6. The SMILES string of the molecule is CC1(C)CCC(CN2CCN(c3ccc(C(=O)NSc4ccc(NCC5CN(C(F)(F)F)CCO5)c([N+](=O)[O-])c4)c(Oc4cnc5[nH]ccc5c4)c3)CC2)=C(c2ccc(C(F)(F)F)cc2Cl)C1. The smallest absolute Gasteiger partial charge is 0.455 e. The van der Waals surface area contributed by atoms with Gasteiger partial charge in [-0.1, -0.05) is 37.1 Å². The molecule has 13 nitrogen and oxygen atoms in total. The van der Waals surface area contributed by atoms with Gasteiger partial charge < -0.3 is 24.7 Å². The first-order valence-electron chi connectivity index (χ1n) is 21.5. The van der Waals surface area contributed by atoms with E-state index in [1.807, 2.05) is 12.1 Å². The number of hydrogen-bond donors (Lipinski definition) is 3. The van der Waals surface area contributed by atoms with E-state index in [4.69, 9.17) is 21.1 Å². The molecule has 0 saturated carbocycles. The Morgan fingerprint density at radius 3 is 2.55 bits per heavy atom. The summed E-state index contributed by atoms with van der Waals surface area (Å²) in [7, 11) is 0. The van der Waals surface area contributed by atoms with Crippen LogP contribution in [0.25, 0.3) is 16.6 Å². The van der Waals surface area contributed by atoms with Gasteiger partial charge in [0.1, 0.15) is 22.8 Å². The first-order valence-corrected chi connectivity index (χ1v) is 22.7. The molecule has 3 aliphatic rings. The van der Waals surface area contributed by atoms with Gasteiger partial charge in [0.2, 0.25) is 0 Å². The second kappa shape index (κ2) is 19.6. The van der Waals surface area contributed by atoms with Gasteiger partial charge in [0, 0.05) is 91.7 Å². The third-order valence-corrected chi connectivity index (χ3v) is 13.3. The number of amides is 1. The van der Waals surface area contributed by atoms with Crippen molar-refractivity contribution in [3.05, 3.63) is 117 Å². The fourth-order valence-corrected chi connectivity index (χ4v) is 9.50. The number of fused-ring (bicyclic) bond motifs is 1. The minimum atomic E-state index is -4.52. The largest absolute Gasteiger partial charge is 0.460 e. The summed E-state index contributed by atoms with van der Waals surface area (Å²) in [5.41, 5.74) is 3.36. The van der Waals surface area contributed by atoms with Crippen LogP contribution in [0.2, 0.25) is 5.02 Å². The molecule has 1 amide bonds. The van der Waals surface area contributed by atoms with E-state index in [0.29, 0.717) is 65.9 Å². The zero-order valence-electron chi connectivity index (χ0n) is 36.4. The van der Waals surface area contributed by atoms with Gasteiger partial charge in [-0.2, -0.15) is 26.3 Å². The number of carbonyl (C=O) groups is 1. The lowest BCUT2D eigenvalue weighted by molar-refractivity contribution is -0.384. The first kappa shape index (κ1) is 47.9. The number of piperazine rings is 1. The minimum Gasteiger partial charge on any atom is -0.455 e. The molecule has 21 heteroatoms. The third kappa shape index (κ3) is 11.6. The van der Waals surface area contributed by atoms with Crippen molar-refractivity contribution in [3.63, 3.8) is 0 Å². The fourth-order valence-electron chi connectivity index (χ4n) is 8.58. The lowest BCUT2D eigenvalue weighted by Crippen LogP contribution is -2.51. The second-order valence-electron chi connectivity index (χ2n) is 17.5. The van der Waals surface area contributed by atoms with Crippen molar-refractivity contribution in [3.8, 4) is 11.5 Å². The maximum Gasteiger partial charge on any atom is 0.460 e. The first-order chi connectivity index (χ1) is 31.8. The average molecular weight is 973 g/mol. The highest BCUT2D eigenvalue weighted by Crippen LogP contribution is 2.46. The van der Waals surface area contributed by atoms with Crippen molar-refractivity contribution in [2.75, 3.05) is 69.2 Å². The van der Waals surface area contributed by atoms with Gasteiger partial charge in [-0.15, -0.1) is 0 Å². The van der Waals surface area contributed by atoms with Crippen LogP contribution in [0.1, 0.15) is 54.6 Å². The number of morpholine rings is 1. The van der Waals surface area contributed by atoms with Crippen LogP contribution >= 0.6 is 23.5 Å². The Labute approximate surface area is 391 Å². The van der Waals surface area contributed by atoms with E-state index in [0.717, 1.165) is 53.6 Å². The van der Waals surface area contributed by atoms with Crippen LogP contribution in [0.15, 0.2) is 89.6 Å². The molecule has 0 radical (unpaired) electrons. The molecule has 4 heterocycles. The van der Waals surface area contributed by atoms with Gasteiger partial charge in [-0.05, 0) is 96.3 Å². The third-order valence-electron chi connectivity index (χ3n) is 12.2. The molecule has 0 bridgehead atoms. The number of nitro benzene ring substituents is 1. The second-order valence-corrected chi connectivity index (χ2v) is 18.8. The number of rotatable bonds is 13. The van der Waals surface area contributed by atoms with E-state index in [2.05, 4.69) is 43.7 Å². The molecular formula is C46H47ClF6N8O5S. The molecule has 2 fully saturated rings. The molecule has 2 saturated heterocycles. The number of H-pyrrole nitrogens is 1. The molecule has 3 N–H and O–H groups in total. The van der Waals surface area contributed by atoms with Crippen LogP contribution in [-0.2, 0) is 10.9 Å². The normalized spacial score (nSPS) is 18.6. The average Bonchev–Trinajstić information content (AvgIpc) is 3.76. The molecule has 2 aliphatic heterocycles. The Morgan fingerprint density at radius 2 is 1.82 bits per heavy atom. The van der Waals surface area contributed by atoms with Crippen LogP contribution in [0.5, 0.6) is 11.5 Å². The number of benzene rings is 3. The van der Waals surface area contributed by atoms with Crippen molar-refractivity contribution in [1.29, 1.82) is 0 Å². The van der Waals surface area contributed by atoms with Crippen molar-refractivity contribution < 1.29 is 45.5 Å². The van der Waals surface area contributed by atoms with Crippen molar-refractivity contribution in [1.82, 2.24) is 24.5 Å². The van der Waals surface area contributed by atoms with Crippen molar-refractivity contribution >= 4 is 63.1 Å². The number of ether oxygens (including phenoxy) is 2. The number of aromatic amines is 1. The lowest BCUT2D eigenvalue weighted by Gasteiger charge is -2.39. The van der Waals surface area contributed by atoms with Crippen molar-refractivity contribution in [2.24, 2.45) is 5.41 Å². The topological polar surface area (TPSA) is 141 Å². The summed E-state index contributed by atoms with van der Waals surface area (Å²) >= 11 is 7.38. The van der Waals surface area contributed by atoms with Crippen LogP contribution < -0.4 is 19.7 Å². The Kier molecular flexibility index (Phi) is 14.0. The minimum absolute atomic E-state index is 0.0399. The van der Waals surface area contributed by atoms with E-state index in [1.54, 1.807) is 24.4 Å². The zero-order chi connectivity index (χ0) is 47.7. The number of pyridine rings is 1. The summed E-state index contributed by atoms with van der Waals surface area (Å²) in [6, 6.07) is 16.7. The number of halogens is 7. The van der Waals surface area contributed by atoms with Gasteiger partial charge >= 0.3 is 12.5 Å². The predicted octanol–water partition coefficient (Wildman–Crippen LogP) is 10.8. The maximum absolute atomic E-state index is 13.9. The summed E-state index contributed by atoms with van der Waals surface area (Å²) in [5.74, 6) is 0.0721. The van der Waals surface area contributed by atoms with E-state index in [-0.39, 0.29) is 52.8 Å². The van der Waals surface area contributed by atoms with Gasteiger partial charge in [-0.25, -0.2) is 9.88 Å². The van der Waals surface area contributed by atoms with E-state index < -0.39 is 41.5 Å². The lowest BCUT2D eigenvalue weighted by atomic mass is 9.72. The number of nitrogens with zero attached hydrogens (tertiary/aromatic N) is 5. The summed E-state index contributed by atoms with van der Waals surface area (Å²) in [6.45, 7) is 6.67. The van der Waals surface area contributed by atoms with Gasteiger partial charge in [0.05, 0.1) is 35.0 Å². The molecule has 1 aliphatic carbocycles. The van der Waals surface area contributed by atoms with E-state index in [9.17, 15) is 41.3 Å². The molecular weight excluding hydrogens is 926 g/mol. The molecule has 8 rings (SSSR count). The van der Waals surface area contributed by atoms with Crippen molar-refractivity contribution in [2.45, 2.75) is 56.6 Å². The number of anilines is 2. The molecule has 3 aromatic carbocycles. The van der Waals surface area contributed by atoms with Crippen LogP contribution in [-0.4, -0.2) is 102 Å². The van der Waals surface area contributed by atoms with Crippen LogP contribution in [0.4, 0.5) is 43.4 Å². The van der Waals surface area contributed by atoms with Gasteiger partial charge in [0.15, 0.2) is 0 Å². The number of carbonyl (C=O) groups excluding carboxylic acids is 1. The molecule has 0 spiro atoms. The number of hydrogen-bond acceptors (Lipinski definition) is 11. The standard InChI is InChI=1S/C46H47ClF6N8O5S/c1-44(2)11-9-29(37(23-44)35-6-3-30(20-38(35)47)45(48,49)50)26-58-13-15-59(16-14-58)31-4-7-36(41(21-31)66-32-19-28-10-12-54-42(28)56-24-32)43(62)57-67-34-5-8-39(40(22-34)61(63)64)55-25-33-27-60(17-18-65-33)46(51,52)53/h3-8,10,12,19-22,24,33,55H,9,11,13-18,23,25-27H2,1-2H3,(H,54,56)(H,57,62). The highest BCUT2D eigenvalue weighted by molar-refractivity contribution is 7.98. The van der Waals surface area contributed by atoms with E-state index >= 15 is 0 Å². The van der Waals surface area contributed by atoms with E-state index in [1.165, 1.54) is 36.0 Å². The monoisotopic (exact) mass is 972 g/mol. The summed E-state index contributed by atoms with van der Waals surface area (Å²) < 4.78 is 94.8. The number of nitrogens with one attached hydrogen (secondary N) is 3. The van der Waals surface area contributed by atoms with Gasteiger partial charge in [-0.3, -0.25) is 24.5 Å². The molecule has 5 aromatic rings. The molecule has 2 aromatic heterocycles. The quantitative estimate of drug-likeness (QED) is 0.0341. The number of aromatic nitrogens is 2. The maximum atomic E-state index is 13.9.